The average molecular weight is 413 g/mol. The van der Waals surface area contributed by atoms with Gasteiger partial charge in [-0.05, 0) is 11.0 Å². The lowest BCUT2D eigenvalue weighted by Gasteiger charge is -2.21. The number of likely N-dealkylation sites (tertiary alicyclic amines) is 1. The van der Waals surface area contributed by atoms with Crippen molar-refractivity contribution in [2.45, 2.75) is 45.7 Å². The number of nitrogens with one attached hydrogen (secondary N) is 1. The molecule has 30 heavy (non-hydrogen) atoms. The lowest BCUT2D eigenvalue weighted by molar-refractivity contribution is -0.126. The van der Waals surface area contributed by atoms with Gasteiger partial charge in [0.2, 0.25) is 0 Å². The Hall–Kier alpha value is -2.83. The minimum Gasteiger partial charge on any atom is -0.444 e. The normalized spacial score (nSPS) is 17.8. The summed E-state index contributed by atoms with van der Waals surface area (Å²) in [6.45, 7) is 6.31. The Balaban J connectivity index is 1.96. The number of hydrogen-bond acceptors (Lipinski definition) is 6. The van der Waals surface area contributed by atoms with E-state index < -0.39 is 25.4 Å². The zero-order chi connectivity index (χ0) is 22.3. The summed E-state index contributed by atoms with van der Waals surface area (Å²) >= 11 is 0. The van der Waals surface area contributed by atoms with E-state index in [9.17, 15) is 24.9 Å². The predicted octanol–water partition coefficient (Wildman–Crippen LogP) is 2.02. The first-order valence-electron chi connectivity index (χ1n) is 9.89. The predicted molar refractivity (Wildman–Crippen MR) is 112 cm³/mol. The monoisotopic (exact) mass is 413 g/mol. The van der Waals surface area contributed by atoms with Gasteiger partial charge in [-0.1, -0.05) is 57.2 Å². The lowest BCUT2D eigenvalue weighted by atomic mass is 9.79. The molecule has 1 aromatic carbocycles. The molecule has 8 nitrogen and oxygen atoms in total. The molecule has 2 amide bonds. The second-order valence-corrected chi connectivity index (χ2v) is 8.43. The molecule has 3 N–H and O–H groups in total. The first-order valence-corrected chi connectivity index (χ1v) is 9.89. The van der Waals surface area contributed by atoms with Crippen LogP contribution in [0.1, 0.15) is 38.8 Å². The number of hydrogen-bond donors (Lipinski definition) is 3. The lowest BCUT2D eigenvalue weighted by Crippen LogP contribution is -2.36. The molecule has 1 heterocycles. The molecule has 1 aromatic rings. The highest BCUT2D eigenvalue weighted by atomic mass is 16.6. The van der Waals surface area contributed by atoms with Crippen LogP contribution >= 0.6 is 0 Å². The molecule has 0 saturated carbocycles. The topological polar surface area (TPSA) is 123 Å². The summed E-state index contributed by atoms with van der Waals surface area (Å²) in [4.78, 5) is 26.5. The molecule has 0 aromatic heterocycles. The minimum atomic E-state index is -1.59. The van der Waals surface area contributed by atoms with E-state index in [1.54, 1.807) is 30.3 Å². The van der Waals surface area contributed by atoms with Crippen LogP contribution in [-0.2, 0) is 9.53 Å². The van der Waals surface area contributed by atoms with Gasteiger partial charge in [-0.15, -0.1) is 0 Å². The molecular weight excluding hydrogens is 385 g/mol. The number of amides is 2. The number of alkyl carbamates (subject to hydrolysis) is 1. The first kappa shape index (κ1) is 23.5. The average Bonchev–Trinajstić information content (AvgIpc) is 3.13. The third-order valence-electron chi connectivity index (χ3n) is 4.57. The molecule has 0 radical (unpaired) electrons. The second kappa shape index (κ2) is 10.3. The molecule has 1 saturated heterocycles. The Labute approximate surface area is 177 Å². The van der Waals surface area contributed by atoms with Crippen LogP contribution in [0.25, 0.3) is 0 Å². The van der Waals surface area contributed by atoms with Crippen LogP contribution in [0.3, 0.4) is 0 Å². The van der Waals surface area contributed by atoms with Crippen molar-refractivity contribution in [2.75, 3.05) is 13.1 Å². The number of carbonyl (C=O) groups is 2. The Bertz CT molecular complexity index is 814. The minimum absolute atomic E-state index is 0.0775. The molecule has 0 aliphatic carbocycles. The molecule has 1 aliphatic heterocycles. The Morgan fingerprint density at radius 3 is 2.60 bits per heavy atom. The SMILES string of the molecule is CC(C)(C)/C=C(\C#N)C(=O)N1CC[C@H](OC(=O)N[C@H](CB(O)O)c2ccccc2)C1. The van der Waals surface area contributed by atoms with Gasteiger partial charge in [0.25, 0.3) is 5.91 Å². The fourth-order valence-corrected chi connectivity index (χ4v) is 3.26. The third-order valence-corrected chi connectivity index (χ3v) is 4.57. The van der Waals surface area contributed by atoms with Crippen LogP contribution in [0.15, 0.2) is 42.0 Å². The Morgan fingerprint density at radius 2 is 2.03 bits per heavy atom. The van der Waals surface area contributed by atoms with Crippen molar-refractivity contribution in [1.82, 2.24) is 10.2 Å². The van der Waals surface area contributed by atoms with Crippen LogP contribution in [0.4, 0.5) is 4.79 Å². The standard InChI is InChI=1S/C21H28BN3O5/c1-21(2,3)11-16(13-23)19(26)25-10-9-17(14-25)30-20(27)24-18(12-22(28)29)15-7-5-4-6-8-15/h4-8,11,17-18,28-29H,9-10,12,14H2,1-3H3,(H,24,27)/b16-11+/t17-,18+/m0/s1. The van der Waals surface area contributed by atoms with Gasteiger partial charge in [0, 0.05) is 19.3 Å². The maximum Gasteiger partial charge on any atom is 0.453 e. The summed E-state index contributed by atoms with van der Waals surface area (Å²) in [5.41, 5.74) is 0.491. The van der Waals surface area contributed by atoms with Crippen LogP contribution in [0.2, 0.25) is 6.32 Å². The van der Waals surface area contributed by atoms with Crippen molar-refractivity contribution in [2.24, 2.45) is 5.41 Å². The molecule has 1 aliphatic rings. The zero-order valence-corrected chi connectivity index (χ0v) is 17.5. The van der Waals surface area contributed by atoms with Gasteiger partial charge in [0.15, 0.2) is 0 Å². The molecule has 2 rings (SSSR count). The van der Waals surface area contributed by atoms with E-state index in [2.05, 4.69) is 5.32 Å². The number of rotatable bonds is 6. The number of carbonyl (C=O) groups excluding carboxylic acids is 2. The van der Waals surface area contributed by atoms with Gasteiger partial charge in [-0.2, -0.15) is 5.26 Å². The van der Waals surface area contributed by atoms with Gasteiger partial charge >= 0.3 is 13.2 Å². The maximum atomic E-state index is 12.6. The quantitative estimate of drug-likeness (QED) is 0.373. The van der Waals surface area contributed by atoms with E-state index in [-0.39, 0.29) is 29.8 Å². The molecule has 0 bridgehead atoms. The number of ether oxygens (including phenoxy) is 1. The van der Waals surface area contributed by atoms with E-state index in [1.807, 2.05) is 32.9 Å². The summed E-state index contributed by atoms with van der Waals surface area (Å²) in [6, 6.07) is 10.3. The van der Waals surface area contributed by atoms with Crippen LogP contribution < -0.4 is 5.32 Å². The number of nitriles is 1. The Morgan fingerprint density at radius 1 is 1.37 bits per heavy atom. The van der Waals surface area contributed by atoms with E-state index in [4.69, 9.17) is 4.74 Å². The fraction of sp³-hybridized carbons (Fsp3) is 0.476. The van der Waals surface area contributed by atoms with Crippen LogP contribution in [0, 0.1) is 16.7 Å². The van der Waals surface area contributed by atoms with Gasteiger partial charge in [0.05, 0.1) is 12.6 Å². The molecule has 1 fully saturated rings. The summed E-state index contributed by atoms with van der Waals surface area (Å²) in [5, 5.41) is 30.6. The molecule has 9 heteroatoms. The van der Waals surface area contributed by atoms with E-state index in [0.717, 1.165) is 5.56 Å². The van der Waals surface area contributed by atoms with E-state index >= 15 is 0 Å². The van der Waals surface area contributed by atoms with Crippen molar-refractivity contribution in [3.8, 4) is 6.07 Å². The maximum absolute atomic E-state index is 12.6. The summed E-state index contributed by atoms with van der Waals surface area (Å²) in [5.74, 6) is -0.371. The highest BCUT2D eigenvalue weighted by Crippen LogP contribution is 2.22. The molecule has 2 atom stereocenters. The second-order valence-electron chi connectivity index (χ2n) is 8.43. The smallest absolute Gasteiger partial charge is 0.444 e. The highest BCUT2D eigenvalue weighted by molar-refractivity contribution is 6.41. The summed E-state index contributed by atoms with van der Waals surface area (Å²) in [7, 11) is -1.59. The molecule has 0 spiro atoms. The molecular formula is C21H28BN3O5. The zero-order valence-electron chi connectivity index (χ0n) is 17.5. The van der Waals surface area contributed by atoms with Crippen molar-refractivity contribution >= 4 is 19.1 Å². The van der Waals surface area contributed by atoms with Crippen molar-refractivity contribution < 1.29 is 24.4 Å². The van der Waals surface area contributed by atoms with Gasteiger partial charge in [0.1, 0.15) is 17.7 Å². The van der Waals surface area contributed by atoms with Crippen molar-refractivity contribution in [1.29, 1.82) is 5.26 Å². The largest absolute Gasteiger partial charge is 0.453 e. The summed E-state index contributed by atoms with van der Waals surface area (Å²) < 4.78 is 5.43. The third kappa shape index (κ3) is 7.21. The van der Waals surface area contributed by atoms with Gasteiger partial charge in [-0.3, -0.25) is 4.79 Å². The first-order chi connectivity index (χ1) is 14.1. The van der Waals surface area contributed by atoms with Crippen molar-refractivity contribution in [3.05, 3.63) is 47.5 Å². The van der Waals surface area contributed by atoms with Crippen LogP contribution in [-0.4, -0.2) is 53.3 Å². The molecule has 0 unspecified atom stereocenters. The molecule has 160 valence electrons. The van der Waals surface area contributed by atoms with Crippen molar-refractivity contribution in [3.63, 3.8) is 0 Å². The summed E-state index contributed by atoms with van der Waals surface area (Å²) in [6.07, 6.45) is 0.818. The number of nitrogens with zero attached hydrogens (tertiary/aromatic N) is 2. The van der Waals surface area contributed by atoms with Crippen LogP contribution in [0.5, 0.6) is 0 Å². The van der Waals surface area contributed by atoms with Gasteiger partial charge in [-0.25, -0.2) is 4.79 Å². The van der Waals surface area contributed by atoms with E-state index in [1.165, 1.54) is 4.90 Å². The fourth-order valence-electron chi connectivity index (χ4n) is 3.26. The van der Waals surface area contributed by atoms with Gasteiger partial charge < -0.3 is 25.0 Å². The highest BCUT2D eigenvalue weighted by Gasteiger charge is 2.32. The van der Waals surface area contributed by atoms with E-state index in [0.29, 0.717) is 13.0 Å². The Kier molecular flexibility index (Phi) is 8.04. The number of allylic oxidation sites excluding steroid dienone is 1. The number of benzene rings is 1.